The number of rotatable bonds is 5. The van der Waals surface area contributed by atoms with Gasteiger partial charge in [0.05, 0.1) is 0 Å². The summed E-state index contributed by atoms with van der Waals surface area (Å²) in [5, 5.41) is 3.58. The fourth-order valence-corrected chi connectivity index (χ4v) is 1.90. The molecule has 2 rings (SSSR count). The van der Waals surface area contributed by atoms with E-state index in [1.165, 1.54) is 25.0 Å². The molecule has 0 radical (unpaired) electrons. The van der Waals surface area contributed by atoms with E-state index in [-0.39, 0.29) is 0 Å². The summed E-state index contributed by atoms with van der Waals surface area (Å²) >= 11 is 0. The lowest BCUT2D eigenvalue weighted by atomic mass is 10.1. The Morgan fingerprint density at radius 2 is 2.36 bits per heavy atom. The van der Waals surface area contributed by atoms with Crippen LogP contribution in [0.1, 0.15) is 31.9 Å². The molecule has 14 heavy (non-hydrogen) atoms. The Bertz CT molecular complexity index is 286. The third-order valence-electron chi connectivity index (χ3n) is 3.07. The predicted octanol–water partition coefficient (Wildman–Crippen LogP) is 2.30. The van der Waals surface area contributed by atoms with E-state index in [9.17, 15) is 0 Å². The maximum Gasteiger partial charge on any atom is 0.0361 e. The van der Waals surface area contributed by atoms with Crippen LogP contribution in [0.2, 0.25) is 0 Å². The first-order valence-electron chi connectivity index (χ1n) is 5.59. The van der Waals surface area contributed by atoms with Crippen LogP contribution in [0.3, 0.4) is 0 Å². The molecule has 1 atom stereocenters. The molecule has 78 valence electrons. The van der Waals surface area contributed by atoms with Gasteiger partial charge in [0, 0.05) is 31.5 Å². The van der Waals surface area contributed by atoms with Gasteiger partial charge in [0.1, 0.15) is 0 Å². The standard InChI is InChI=1S/C12H20N2/c1-10(8-11-5-6-11)13-9-12-4-3-7-14(12)2/h3-4,7,10-11,13H,5-6,8-9H2,1-2H3. The third-order valence-corrected chi connectivity index (χ3v) is 3.07. The van der Waals surface area contributed by atoms with E-state index in [0.29, 0.717) is 6.04 Å². The van der Waals surface area contributed by atoms with Crippen LogP contribution in [0.25, 0.3) is 0 Å². The summed E-state index contributed by atoms with van der Waals surface area (Å²) in [5.41, 5.74) is 1.37. The van der Waals surface area contributed by atoms with Gasteiger partial charge >= 0.3 is 0 Å². The zero-order chi connectivity index (χ0) is 9.97. The van der Waals surface area contributed by atoms with Crippen LogP contribution in [0.5, 0.6) is 0 Å². The zero-order valence-corrected chi connectivity index (χ0v) is 9.16. The monoisotopic (exact) mass is 192 g/mol. The molecule has 1 heterocycles. The van der Waals surface area contributed by atoms with Crippen molar-refractivity contribution in [3.63, 3.8) is 0 Å². The van der Waals surface area contributed by atoms with Crippen LogP contribution in [0.4, 0.5) is 0 Å². The smallest absolute Gasteiger partial charge is 0.0361 e. The highest BCUT2D eigenvalue weighted by atomic mass is 15.0. The van der Waals surface area contributed by atoms with Gasteiger partial charge in [-0.15, -0.1) is 0 Å². The largest absolute Gasteiger partial charge is 0.353 e. The lowest BCUT2D eigenvalue weighted by molar-refractivity contribution is 0.480. The van der Waals surface area contributed by atoms with Crippen LogP contribution in [0.15, 0.2) is 18.3 Å². The summed E-state index contributed by atoms with van der Waals surface area (Å²) in [6.07, 6.45) is 6.36. The van der Waals surface area contributed by atoms with E-state index >= 15 is 0 Å². The van der Waals surface area contributed by atoms with Crippen molar-refractivity contribution >= 4 is 0 Å². The van der Waals surface area contributed by atoms with Crippen molar-refractivity contribution in [1.82, 2.24) is 9.88 Å². The second-order valence-electron chi connectivity index (χ2n) is 4.57. The summed E-state index contributed by atoms with van der Waals surface area (Å²) in [4.78, 5) is 0. The van der Waals surface area contributed by atoms with Crippen LogP contribution in [0, 0.1) is 5.92 Å². The third kappa shape index (κ3) is 2.61. The Labute approximate surface area is 86.3 Å². The molecule has 0 saturated heterocycles. The molecule has 1 aromatic rings. The summed E-state index contributed by atoms with van der Waals surface area (Å²) in [7, 11) is 2.10. The molecule has 0 bridgehead atoms. The van der Waals surface area contributed by atoms with Crippen molar-refractivity contribution in [2.24, 2.45) is 13.0 Å². The van der Waals surface area contributed by atoms with Gasteiger partial charge < -0.3 is 9.88 Å². The van der Waals surface area contributed by atoms with Crippen molar-refractivity contribution in [1.29, 1.82) is 0 Å². The van der Waals surface area contributed by atoms with Crippen molar-refractivity contribution in [2.75, 3.05) is 0 Å². The Balaban J connectivity index is 1.73. The minimum atomic E-state index is 0.664. The fourth-order valence-electron chi connectivity index (χ4n) is 1.90. The number of nitrogens with one attached hydrogen (secondary N) is 1. The predicted molar refractivity (Wildman–Crippen MR) is 59.1 cm³/mol. The first kappa shape index (κ1) is 9.78. The second-order valence-corrected chi connectivity index (χ2v) is 4.57. The highest BCUT2D eigenvalue weighted by Gasteiger charge is 2.23. The first-order valence-corrected chi connectivity index (χ1v) is 5.59. The molecule has 0 amide bonds. The number of hydrogen-bond donors (Lipinski definition) is 1. The highest BCUT2D eigenvalue weighted by Crippen LogP contribution is 2.33. The quantitative estimate of drug-likeness (QED) is 0.757. The van der Waals surface area contributed by atoms with E-state index in [1.807, 2.05) is 0 Å². The Hall–Kier alpha value is -0.760. The van der Waals surface area contributed by atoms with Gasteiger partial charge in [0.25, 0.3) is 0 Å². The van der Waals surface area contributed by atoms with Crippen molar-refractivity contribution < 1.29 is 0 Å². The lowest BCUT2D eigenvalue weighted by Gasteiger charge is -2.13. The van der Waals surface area contributed by atoms with Crippen LogP contribution in [-0.4, -0.2) is 10.6 Å². The van der Waals surface area contributed by atoms with Gasteiger partial charge in [-0.2, -0.15) is 0 Å². The normalized spacial score (nSPS) is 18.4. The van der Waals surface area contributed by atoms with Crippen molar-refractivity contribution in [2.45, 2.75) is 38.8 Å². The SMILES string of the molecule is CC(CC1CC1)NCc1cccn1C. The van der Waals surface area contributed by atoms with Crippen LogP contribution in [-0.2, 0) is 13.6 Å². The molecule has 0 aliphatic heterocycles. The molecule has 1 aromatic heterocycles. The van der Waals surface area contributed by atoms with Gasteiger partial charge in [-0.1, -0.05) is 12.8 Å². The summed E-state index contributed by atoms with van der Waals surface area (Å²) in [5.74, 6) is 1.02. The van der Waals surface area contributed by atoms with Gasteiger partial charge in [0.2, 0.25) is 0 Å². The highest BCUT2D eigenvalue weighted by molar-refractivity contribution is 5.06. The molecule has 2 heteroatoms. The Morgan fingerprint density at radius 1 is 1.57 bits per heavy atom. The first-order chi connectivity index (χ1) is 6.75. The molecule has 1 fully saturated rings. The van der Waals surface area contributed by atoms with E-state index in [0.717, 1.165) is 12.5 Å². The summed E-state index contributed by atoms with van der Waals surface area (Å²) in [6, 6.07) is 4.94. The zero-order valence-electron chi connectivity index (χ0n) is 9.16. The maximum atomic E-state index is 3.58. The molecule has 1 aliphatic carbocycles. The molecule has 1 aliphatic rings. The average molecular weight is 192 g/mol. The molecule has 1 saturated carbocycles. The van der Waals surface area contributed by atoms with Crippen molar-refractivity contribution in [3.05, 3.63) is 24.0 Å². The lowest BCUT2D eigenvalue weighted by Crippen LogP contribution is -2.26. The minimum Gasteiger partial charge on any atom is -0.353 e. The maximum absolute atomic E-state index is 3.58. The number of aryl methyl sites for hydroxylation is 1. The van der Waals surface area contributed by atoms with Crippen LogP contribution < -0.4 is 5.32 Å². The molecule has 1 N–H and O–H groups in total. The molecular weight excluding hydrogens is 172 g/mol. The van der Waals surface area contributed by atoms with E-state index in [2.05, 4.69) is 42.2 Å². The summed E-state index contributed by atoms with van der Waals surface area (Å²) < 4.78 is 2.18. The van der Waals surface area contributed by atoms with E-state index in [1.54, 1.807) is 0 Å². The van der Waals surface area contributed by atoms with Gasteiger partial charge in [-0.3, -0.25) is 0 Å². The molecular formula is C12H20N2. The fraction of sp³-hybridized carbons (Fsp3) is 0.667. The minimum absolute atomic E-state index is 0.664. The average Bonchev–Trinajstić information content (AvgIpc) is 2.86. The van der Waals surface area contributed by atoms with E-state index in [4.69, 9.17) is 0 Å². The van der Waals surface area contributed by atoms with Crippen molar-refractivity contribution in [3.8, 4) is 0 Å². The Kier molecular flexibility index (Phi) is 2.92. The van der Waals surface area contributed by atoms with Gasteiger partial charge in [-0.25, -0.2) is 0 Å². The van der Waals surface area contributed by atoms with Crippen LogP contribution >= 0.6 is 0 Å². The van der Waals surface area contributed by atoms with Gasteiger partial charge in [0.15, 0.2) is 0 Å². The second kappa shape index (κ2) is 4.18. The number of hydrogen-bond acceptors (Lipinski definition) is 1. The number of nitrogens with zero attached hydrogens (tertiary/aromatic N) is 1. The van der Waals surface area contributed by atoms with E-state index < -0.39 is 0 Å². The molecule has 2 nitrogen and oxygen atoms in total. The Morgan fingerprint density at radius 3 is 2.93 bits per heavy atom. The molecule has 1 unspecified atom stereocenters. The topological polar surface area (TPSA) is 17.0 Å². The molecule has 0 aromatic carbocycles. The summed E-state index contributed by atoms with van der Waals surface area (Å²) in [6.45, 7) is 3.29. The molecule has 0 spiro atoms. The number of aromatic nitrogens is 1. The van der Waals surface area contributed by atoms with Gasteiger partial charge in [-0.05, 0) is 31.4 Å².